The van der Waals surface area contributed by atoms with Crippen molar-refractivity contribution in [2.45, 2.75) is 25.3 Å². The SMILES string of the molecule is CCOc1ccc(CNC(=O)c2ccc(NS(=O)(=O)c3ccc(C)cc3)cc2)cc1. The molecule has 0 atom stereocenters. The topological polar surface area (TPSA) is 84.5 Å². The zero-order chi connectivity index (χ0) is 21.6. The van der Waals surface area contributed by atoms with Crippen LogP contribution in [0.25, 0.3) is 0 Å². The maximum Gasteiger partial charge on any atom is 0.261 e. The summed E-state index contributed by atoms with van der Waals surface area (Å²) < 4.78 is 32.8. The zero-order valence-electron chi connectivity index (χ0n) is 16.9. The quantitative estimate of drug-likeness (QED) is 0.570. The third kappa shape index (κ3) is 5.61. The Labute approximate surface area is 177 Å². The number of anilines is 1. The van der Waals surface area contributed by atoms with E-state index in [1.165, 1.54) is 0 Å². The number of hydrogen-bond acceptors (Lipinski definition) is 4. The fourth-order valence-corrected chi connectivity index (χ4v) is 3.83. The third-order valence-electron chi connectivity index (χ3n) is 4.42. The van der Waals surface area contributed by atoms with Crippen LogP contribution in [0.15, 0.2) is 77.7 Å². The summed E-state index contributed by atoms with van der Waals surface area (Å²) >= 11 is 0. The Morgan fingerprint density at radius 1 is 0.900 bits per heavy atom. The number of aryl methyl sites for hydroxylation is 1. The molecule has 3 aromatic carbocycles. The first-order valence-electron chi connectivity index (χ1n) is 9.57. The molecule has 0 aliphatic heterocycles. The molecule has 1 amide bonds. The van der Waals surface area contributed by atoms with E-state index < -0.39 is 10.0 Å². The minimum Gasteiger partial charge on any atom is -0.494 e. The molecule has 0 saturated heterocycles. The molecule has 6 nitrogen and oxygen atoms in total. The minimum atomic E-state index is -3.68. The summed E-state index contributed by atoms with van der Waals surface area (Å²) in [7, 11) is -3.68. The molecule has 0 aliphatic carbocycles. The minimum absolute atomic E-state index is 0.185. The van der Waals surface area contributed by atoms with Gasteiger partial charge in [-0.3, -0.25) is 9.52 Å². The Kier molecular flexibility index (Phi) is 6.74. The summed E-state index contributed by atoms with van der Waals surface area (Å²) in [4.78, 5) is 12.5. The molecular formula is C23H24N2O4S. The Balaban J connectivity index is 1.59. The van der Waals surface area contributed by atoms with E-state index in [4.69, 9.17) is 4.74 Å². The molecule has 0 bridgehead atoms. The summed E-state index contributed by atoms with van der Waals surface area (Å²) in [6.07, 6.45) is 0. The zero-order valence-corrected chi connectivity index (χ0v) is 17.7. The second-order valence-corrected chi connectivity index (χ2v) is 8.44. The van der Waals surface area contributed by atoms with Crippen molar-refractivity contribution >= 4 is 21.6 Å². The molecule has 0 saturated carbocycles. The van der Waals surface area contributed by atoms with Crippen LogP contribution in [-0.2, 0) is 16.6 Å². The fourth-order valence-electron chi connectivity index (χ4n) is 2.78. The summed E-state index contributed by atoms with van der Waals surface area (Å²) in [5, 5.41) is 2.85. The van der Waals surface area contributed by atoms with Gasteiger partial charge in [-0.05, 0) is 67.9 Å². The van der Waals surface area contributed by atoms with Gasteiger partial charge in [0.05, 0.1) is 11.5 Å². The van der Waals surface area contributed by atoms with Crippen LogP contribution in [-0.4, -0.2) is 20.9 Å². The fraction of sp³-hybridized carbons (Fsp3) is 0.174. The van der Waals surface area contributed by atoms with Crippen molar-refractivity contribution in [1.29, 1.82) is 0 Å². The van der Waals surface area contributed by atoms with E-state index in [1.54, 1.807) is 48.5 Å². The van der Waals surface area contributed by atoms with E-state index >= 15 is 0 Å². The van der Waals surface area contributed by atoms with E-state index in [9.17, 15) is 13.2 Å². The monoisotopic (exact) mass is 424 g/mol. The highest BCUT2D eigenvalue weighted by atomic mass is 32.2. The number of rotatable bonds is 8. The average molecular weight is 425 g/mol. The number of carbonyl (C=O) groups is 1. The van der Waals surface area contributed by atoms with Crippen LogP contribution in [0.3, 0.4) is 0 Å². The van der Waals surface area contributed by atoms with Crippen molar-refractivity contribution in [3.8, 4) is 5.75 Å². The highest BCUT2D eigenvalue weighted by Crippen LogP contribution is 2.17. The number of sulfonamides is 1. The van der Waals surface area contributed by atoms with Crippen LogP contribution in [0.5, 0.6) is 5.75 Å². The molecule has 3 rings (SSSR count). The van der Waals surface area contributed by atoms with Crippen LogP contribution >= 0.6 is 0 Å². The van der Waals surface area contributed by atoms with Gasteiger partial charge in [0.25, 0.3) is 15.9 Å². The van der Waals surface area contributed by atoms with Crippen LogP contribution in [0, 0.1) is 6.92 Å². The number of benzene rings is 3. The van der Waals surface area contributed by atoms with Crippen LogP contribution in [0.4, 0.5) is 5.69 Å². The molecule has 0 heterocycles. The lowest BCUT2D eigenvalue weighted by molar-refractivity contribution is 0.0951. The van der Waals surface area contributed by atoms with Gasteiger partial charge in [-0.15, -0.1) is 0 Å². The lowest BCUT2D eigenvalue weighted by Crippen LogP contribution is -2.22. The van der Waals surface area contributed by atoms with Crippen molar-refractivity contribution < 1.29 is 17.9 Å². The summed E-state index contributed by atoms with van der Waals surface area (Å²) in [6, 6.07) is 20.4. The Morgan fingerprint density at radius 3 is 2.13 bits per heavy atom. The first kappa shape index (κ1) is 21.4. The summed E-state index contributed by atoms with van der Waals surface area (Å²) in [6.45, 7) is 4.80. The van der Waals surface area contributed by atoms with Gasteiger partial charge in [0.15, 0.2) is 0 Å². The Morgan fingerprint density at radius 2 is 1.53 bits per heavy atom. The van der Waals surface area contributed by atoms with Crippen LogP contribution in [0.1, 0.15) is 28.4 Å². The maximum absolute atomic E-state index is 12.5. The molecule has 0 aromatic heterocycles. The van der Waals surface area contributed by atoms with E-state index in [1.807, 2.05) is 38.1 Å². The molecule has 7 heteroatoms. The lowest BCUT2D eigenvalue weighted by Gasteiger charge is -2.10. The smallest absolute Gasteiger partial charge is 0.261 e. The average Bonchev–Trinajstić information content (AvgIpc) is 2.74. The molecule has 0 fully saturated rings. The van der Waals surface area contributed by atoms with Crippen molar-refractivity contribution in [1.82, 2.24) is 5.32 Å². The van der Waals surface area contributed by atoms with Crippen molar-refractivity contribution in [2.24, 2.45) is 0 Å². The molecular weight excluding hydrogens is 400 g/mol. The largest absolute Gasteiger partial charge is 0.494 e. The molecule has 0 unspecified atom stereocenters. The molecule has 0 spiro atoms. The number of carbonyl (C=O) groups excluding carboxylic acids is 1. The number of nitrogens with one attached hydrogen (secondary N) is 2. The molecule has 0 aliphatic rings. The molecule has 3 aromatic rings. The number of hydrogen-bond donors (Lipinski definition) is 2. The van der Waals surface area contributed by atoms with E-state index in [0.717, 1.165) is 16.9 Å². The number of amides is 1. The Hall–Kier alpha value is -3.32. The predicted molar refractivity (Wildman–Crippen MR) is 117 cm³/mol. The van der Waals surface area contributed by atoms with Crippen LogP contribution < -0.4 is 14.8 Å². The molecule has 156 valence electrons. The second-order valence-electron chi connectivity index (χ2n) is 6.76. The van der Waals surface area contributed by atoms with Crippen LogP contribution in [0.2, 0.25) is 0 Å². The standard InChI is InChI=1S/C23H24N2O4S/c1-3-29-21-12-6-18(7-13-21)16-24-23(26)19-8-10-20(11-9-19)25-30(27,28)22-14-4-17(2)5-15-22/h4-15,25H,3,16H2,1-2H3,(H,24,26). The first-order chi connectivity index (χ1) is 14.4. The first-order valence-corrected chi connectivity index (χ1v) is 11.0. The highest BCUT2D eigenvalue weighted by Gasteiger charge is 2.14. The number of ether oxygens (including phenoxy) is 1. The van der Waals surface area contributed by atoms with E-state index in [2.05, 4.69) is 10.0 Å². The molecule has 30 heavy (non-hydrogen) atoms. The highest BCUT2D eigenvalue weighted by molar-refractivity contribution is 7.92. The van der Waals surface area contributed by atoms with E-state index in [-0.39, 0.29) is 10.8 Å². The van der Waals surface area contributed by atoms with Gasteiger partial charge in [0.2, 0.25) is 0 Å². The van der Waals surface area contributed by atoms with Gasteiger partial charge >= 0.3 is 0 Å². The van der Waals surface area contributed by atoms with E-state index in [0.29, 0.717) is 24.4 Å². The van der Waals surface area contributed by atoms with Crippen molar-refractivity contribution in [3.63, 3.8) is 0 Å². The van der Waals surface area contributed by atoms with Gasteiger partial charge in [0.1, 0.15) is 5.75 Å². The lowest BCUT2D eigenvalue weighted by atomic mass is 10.2. The molecule has 0 radical (unpaired) electrons. The van der Waals surface area contributed by atoms with Gasteiger partial charge in [-0.2, -0.15) is 0 Å². The normalized spacial score (nSPS) is 11.0. The van der Waals surface area contributed by atoms with Gasteiger partial charge in [-0.1, -0.05) is 29.8 Å². The third-order valence-corrected chi connectivity index (χ3v) is 5.82. The second kappa shape index (κ2) is 9.45. The van der Waals surface area contributed by atoms with Crippen molar-refractivity contribution in [2.75, 3.05) is 11.3 Å². The summed E-state index contributed by atoms with van der Waals surface area (Å²) in [5.41, 5.74) is 2.77. The van der Waals surface area contributed by atoms with Gasteiger partial charge < -0.3 is 10.1 Å². The summed E-state index contributed by atoms with van der Waals surface area (Å²) in [5.74, 6) is 0.549. The van der Waals surface area contributed by atoms with Crippen molar-refractivity contribution in [3.05, 3.63) is 89.5 Å². The predicted octanol–water partition coefficient (Wildman–Crippen LogP) is 4.12. The van der Waals surface area contributed by atoms with Gasteiger partial charge in [0, 0.05) is 17.8 Å². The Bertz CT molecular complexity index is 1090. The van der Waals surface area contributed by atoms with Gasteiger partial charge in [-0.25, -0.2) is 8.42 Å². The molecule has 2 N–H and O–H groups in total. The maximum atomic E-state index is 12.5.